The molecule has 2 aromatic heterocycles. The normalized spacial score (nSPS) is 14.9. The number of nitriles is 1. The Morgan fingerprint density at radius 1 is 1.27 bits per heavy atom. The summed E-state index contributed by atoms with van der Waals surface area (Å²) in [6, 6.07) is 5.94. The van der Waals surface area contributed by atoms with Crippen molar-refractivity contribution in [2.24, 2.45) is 0 Å². The first-order valence-electron chi connectivity index (χ1n) is 7.90. The zero-order valence-corrected chi connectivity index (χ0v) is 15.3. The number of anilines is 1. The van der Waals surface area contributed by atoms with Gasteiger partial charge in [-0.2, -0.15) is 9.57 Å². The summed E-state index contributed by atoms with van der Waals surface area (Å²) in [6.45, 7) is 0.569. The molecule has 0 bridgehead atoms. The molecule has 1 fully saturated rings. The first-order valence-corrected chi connectivity index (χ1v) is 10.2. The molecule has 1 amide bonds. The number of nitrogens with zero attached hydrogens (tertiary/aromatic N) is 3. The van der Waals surface area contributed by atoms with Crippen LogP contribution in [0.25, 0.3) is 0 Å². The molecule has 3 heterocycles. The topological polar surface area (TPSA) is 112 Å². The maximum Gasteiger partial charge on any atom is 0.251 e. The predicted molar refractivity (Wildman–Crippen MR) is 96.4 cm³/mol. The van der Waals surface area contributed by atoms with Crippen LogP contribution in [0.3, 0.4) is 0 Å². The van der Waals surface area contributed by atoms with E-state index in [2.05, 4.69) is 5.32 Å². The molecular weight excluding hydrogens is 376 g/mol. The lowest BCUT2D eigenvalue weighted by molar-refractivity contribution is -0.116. The van der Waals surface area contributed by atoms with Gasteiger partial charge in [0.25, 0.3) is 5.56 Å². The van der Waals surface area contributed by atoms with E-state index < -0.39 is 21.5 Å². The monoisotopic (exact) mass is 392 g/mol. The molecule has 0 aromatic carbocycles. The van der Waals surface area contributed by atoms with Gasteiger partial charge < -0.3 is 9.88 Å². The van der Waals surface area contributed by atoms with Crippen molar-refractivity contribution in [3.63, 3.8) is 0 Å². The number of pyridine rings is 1. The van der Waals surface area contributed by atoms with Gasteiger partial charge in [-0.3, -0.25) is 9.59 Å². The maximum atomic E-state index is 12.6. The minimum Gasteiger partial charge on any atom is -0.315 e. The number of aromatic nitrogens is 1. The van der Waals surface area contributed by atoms with Crippen LogP contribution in [0.5, 0.6) is 0 Å². The standard InChI is InChI=1S/C16H16N4O4S2/c17-9-12-5-8-25-16(12)18-14(21)11-19-10-13(3-4-15(19)22)26(23,24)20-6-1-2-7-20/h3-5,8,10H,1-2,6-7,11H2,(H,18,21). The molecule has 0 saturated carbocycles. The fraction of sp³-hybridized carbons (Fsp3) is 0.312. The third-order valence-electron chi connectivity index (χ3n) is 4.01. The average molecular weight is 392 g/mol. The molecule has 3 rings (SSSR count). The average Bonchev–Trinajstić information content (AvgIpc) is 3.28. The van der Waals surface area contributed by atoms with Crippen LogP contribution < -0.4 is 10.9 Å². The van der Waals surface area contributed by atoms with Crippen LogP contribution in [-0.4, -0.2) is 36.3 Å². The minimum absolute atomic E-state index is 0.0133. The highest BCUT2D eigenvalue weighted by atomic mass is 32.2. The molecule has 2 aromatic rings. The third-order valence-corrected chi connectivity index (χ3v) is 6.72. The summed E-state index contributed by atoms with van der Waals surface area (Å²) in [7, 11) is -3.67. The van der Waals surface area contributed by atoms with Crippen LogP contribution in [0.1, 0.15) is 18.4 Å². The lowest BCUT2D eigenvalue weighted by Gasteiger charge is -2.16. The highest BCUT2D eigenvalue weighted by Crippen LogP contribution is 2.22. The van der Waals surface area contributed by atoms with Crippen molar-refractivity contribution < 1.29 is 13.2 Å². The number of rotatable bonds is 5. The molecule has 26 heavy (non-hydrogen) atoms. The first-order chi connectivity index (χ1) is 12.4. The van der Waals surface area contributed by atoms with Gasteiger partial charge in [-0.1, -0.05) is 0 Å². The second-order valence-electron chi connectivity index (χ2n) is 5.77. The van der Waals surface area contributed by atoms with Crippen LogP contribution in [-0.2, 0) is 21.4 Å². The number of sulfonamides is 1. The fourth-order valence-corrected chi connectivity index (χ4v) is 4.97. The summed E-state index contributed by atoms with van der Waals surface area (Å²) >= 11 is 1.20. The molecule has 1 saturated heterocycles. The summed E-state index contributed by atoms with van der Waals surface area (Å²) in [6.07, 6.45) is 2.81. The zero-order chi connectivity index (χ0) is 18.7. The molecule has 0 aliphatic carbocycles. The van der Waals surface area contributed by atoms with Gasteiger partial charge >= 0.3 is 0 Å². The van der Waals surface area contributed by atoms with Crippen molar-refractivity contribution in [2.45, 2.75) is 24.3 Å². The number of nitrogens with one attached hydrogen (secondary N) is 1. The second kappa shape index (κ2) is 7.41. The molecule has 0 radical (unpaired) electrons. The molecule has 8 nitrogen and oxygen atoms in total. The quantitative estimate of drug-likeness (QED) is 0.822. The molecule has 0 atom stereocenters. The summed E-state index contributed by atoms with van der Waals surface area (Å²) in [5.74, 6) is -0.512. The van der Waals surface area contributed by atoms with Gasteiger partial charge in [-0.25, -0.2) is 8.42 Å². The van der Waals surface area contributed by atoms with Crippen molar-refractivity contribution in [3.8, 4) is 6.07 Å². The number of hydrogen-bond donors (Lipinski definition) is 1. The smallest absolute Gasteiger partial charge is 0.251 e. The van der Waals surface area contributed by atoms with Gasteiger partial charge in [0.05, 0.1) is 10.5 Å². The zero-order valence-electron chi connectivity index (χ0n) is 13.7. The summed E-state index contributed by atoms with van der Waals surface area (Å²) in [5, 5.41) is 13.6. The predicted octanol–water partition coefficient (Wildman–Crippen LogP) is 1.20. The number of carbonyl (C=O) groups is 1. The van der Waals surface area contributed by atoms with E-state index in [1.165, 1.54) is 27.9 Å². The Labute approximate surface area is 154 Å². The summed E-state index contributed by atoms with van der Waals surface area (Å²) in [5.41, 5.74) is -0.145. The first kappa shape index (κ1) is 18.3. The Bertz CT molecular complexity index is 1030. The van der Waals surface area contributed by atoms with Crippen LogP contribution in [0, 0.1) is 11.3 Å². The van der Waals surface area contributed by atoms with E-state index in [1.54, 1.807) is 11.4 Å². The summed E-state index contributed by atoms with van der Waals surface area (Å²) < 4.78 is 27.6. The number of thiophene rings is 1. The van der Waals surface area contributed by atoms with Crippen molar-refractivity contribution in [1.82, 2.24) is 8.87 Å². The third kappa shape index (κ3) is 3.70. The van der Waals surface area contributed by atoms with Crippen LogP contribution in [0.4, 0.5) is 5.00 Å². The Kier molecular flexibility index (Phi) is 5.22. The van der Waals surface area contributed by atoms with Crippen molar-refractivity contribution in [1.29, 1.82) is 5.26 Å². The van der Waals surface area contributed by atoms with Crippen molar-refractivity contribution >= 4 is 32.3 Å². The van der Waals surface area contributed by atoms with E-state index >= 15 is 0 Å². The Hall–Kier alpha value is -2.48. The molecule has 1 aliphatic heterocycles. The van der Waals surface area contributed by atoms with Gasteiger partial charge in [0.15, 0.2) is 0 Å². The lowest BCUT2D eigenvalue weighted by atomic mass is 10.3. The van der Waals surface area contributed by atoms with Gasteiger partial charge in [0.2, 0.25) is 15.9 Å². The SMILES string of the molecule is N#Cc1ccsc1NC(=O)Cn1cc(S(=O)(=O)N2CCCC2)ccc1=O. The Morgan fingerprint density at radius 2 is 2.00 bits per heavy atom. The minimum atomic E-state index is -3.67. The van der Waals surface area contributed by atoms with Crippen LogP contribution >= 0.6 is 11.3 Å². The molecule has 1 aliphatic rings. The highest BCUT2D eigenvalue weighted by molar-refractivity contribution is 7.89. The number of carbonyl (C=O) groups excluding carboxylic acids is 1. The number of amides is 1. The fourth-order valence-electron chi connectivity index (χ4n) is 2.68. The highest BCUT2D eigenvalue weighted by Gasteiger charge is 2.27. The van der Waals surface area contributed by atoms with Gasteiger partial charge in [-0.05, 0) is 30.4 Å². The van der Waals surface area contributed by atoms with E-state index in [9.17, 15) is 18.0 Å². The largest absolute Gasteiger partial charge is 0.315 e. The Balaban J connectivity index is 1.81. The Morgan fingerprint density at radius 3 is 2.69 bits per heavy atom. The molecular formula is C16H16N4O4S2. The van der Waals surface area contributed by atoms with E-state index in [0.29, 0.717) is 23.7 Å². The van der Waals surface area contributed by atoms with Crippen molar-refractivity contribution in [2.75, 3.05) is 18.4 Å². The molecule has 0 unspecified atom stereocenters. The van der Waals surface area contributed by atoms with E-state index in [1.807, 2.05) is 6.07 Å². The van der Waals surface area contributed by atoms with Crippen LogP contribution in [0.2, 0.25) is 0 Å². The van der Waals surface area contributed by atoms with Gasteiger partial charge in [0, 0.05) is 25.4 Å². The van der Waals surface area contributed by atoms with Gasteiger partial charge in [0.1, 0.15) is 17.6 Å². The molecule has 0 spiro atoms. The van der Waals surface area contributed by atoms with Crippen molar-refractivity contribution in [3.05, 3.63) is 45.7 Å². The van der Waals surface area contributed by atoms with E-state index in [4.69, 9.17) is 5.26 Å². The van der Waals surface area contributed by atoms with Gasteiger partial charge in [-0.15, -0.1) is 11.3 Å². The number of hydrogen-bond acceptors (Lipinski definition) is 6. The maximum absolute atomic E-state index is 12.6. The molecule has 1 N–H and O–H groups in total. The molecule has 136 valence electrons. The lowest BCUT2D eigenvalue weighted by Crippen LogP contribution is -2.31. The van der Waals surface area contributed by atoms with E-state index in [0.717, 1.165) is 23.5 Å². The van der Waals surface area contributed by atoms with Crippen LogP contribution in [0.15, 0.2) is 39.5 Å². The van der Waals surface area contributed by atoms with E-state index in [-0.39, 0.29) is 11.4 Å². The summed E-state index contributed by atoms with van der Waals surface area (Å²) in [4.78, 5) is 24.2. The second-order valence-corrected chi connectivity index (χ2v) is 8.62. The molecule has 10 heteroatoms.